The molecular formula is C6H3NS. The van der Waals surface area contributed by atoms with E-state index in [4.69, 9.17) is 0 Å². The lowest BCUT2D eigenvalue weighted by Gasteiger charge is -1.80. The van der Waals surface area contributed by atoms with Crippen LogP contribution in [-0.2, 0) is 0 Å². The molecule has 0 aliphatic carbocycles. The molecule has 2 heteroatoms. The molecule has 38 valence electrons. The van der Waals surface area contributed by atoms with E-state index in [1.807, 2.05) is 11.5 Å². The average Bonchev–Trinajstić information content (AvgIpc) is 2.15. The highest BCUT2D eigenvalue weighted by Crippen LogP contribution is 2.27. The second-order valence-corrected chi connectivity index (χ2v) is 2.40. The van der Waals surface area contributed by atoms with Crippen molar-refractivity contribution in [3.05, 3.63) is 23.2 Å². The van der Waals surface area contributed by atoms with Crippen LogP contribution in [0.1, 0.15) is 5.56 Å². The summed E-state index contributed by atoms with van der Waals surface area (Å²) in [5.41, 5.74) is 1.13. The highest BCUT2D eigenvalue weighted by atomic mass is 32.1. The highest BCUT2D eigenvalue weighted by Gasteiger charge is 2.04. The molecule has 0 aromatic carbocycles. The van der Waals surface area contributed by atoms with Gasteiger partial charge in [-0.2, -0.15) is 0 Å². The van der Waals surface area contributed by atoms with Crippen LogP contribution >= 0.6 is 11.3 Å². The lowest BCUT2D eigenvalue weighted by atomic mass is 10.3. The molecule has 0 N–H and O–H groups in total. The maximum absolute atomic E-state index is 4.07. The number of rotatable bonds is 0. The number of thiophene rings is 1. The number of fused-ring (bicyclic) bond motifs is 1. The molecule has 0 spiro atoms. The molecule has 1 aliphatic rings. The number of hydrogen-bond acceptors (Lipinski definition) is 1. The summed E-state index contributed by atoms with van der Waals surface area (Å²) in [5.74, 6) is 0. The van der Waals surface area contributed by atoms with Gasteiger partial charge in [0, 0.05) is 23.2 Å². The van der Waals surface area contributed by atoms with Gasteiger partial charge in [0.15, 0.2) is 0 Å². The van der Waals surface area contributed by atoms with Gasteiger partial charge in [0.25, 0.3) is 0 Å². The molecule has 1 aliphatic heterocycles. The molecule has 1 aromatic heterocycles. The Morgan fingerprint density at radius 1 is 1.62 bits per heavy atom. The first-order valence-corrected chi connectivity index (χ1v) is 3.21. The molecule has 0 bridgehead atoms. The van der Waals surface area contributed by atoms with Crippen LogP contribution in [0.15, 0.2) is 11.6 Å². The zero-order chi connectivity index (χ0) is 5.40. The van der Waals surface area contributed by atoms with Gasteiger partial charge >= 0.3 is 0 Å². The summed E-state index contributed by atoms with van der Waals surface area (Å²) in [6.45, 7) is 0. The lowest BCUT2D eigenvalue weighted by molar-refractivity contribution is 1.26. The third-order valence-corrected chi connectivity index (χ3v) is 1.83. The van der Waals surface area contributed by atoms with Gasteiger partial charge in [0.05, 0.1) is 0 Å². The molecule has 1 nitrogen and oxygen atoms in total. The fourth-order valence-electron chi connectivity index (χ4n) is 0.673. The van der Waals surface area contributed by atoms with Crippen molar-refractivity contribution < 1.29 is 0 Å². The van der Waals surface area contributed by atoms with Crippen molar-refractivity contribution in [1.82, 2.24) is 5.32 Å². The largest absolute Gasteiger partial charge is 0.245 e. The topological polar surface area (TPSA) is 14.1 Å². The van der Waals surface area contributed by atoms with E-state index in [0.29, 0.717) is 0 Å². The molecule has 0 atom stereocenters. The van der Waals surface area contributed by atoms with Crippen molar-refractivity contribution in [1.29, 1.82) is 0 Å². The Hall–Kier alpha value is -0.760. The Kier molecular flexibility index (Phi) is 0.704. The van der Waals surface area contributed by atoms with Crippen molar-refractivity contribution >= 4 is 22.4 Å². The van der Waals surface area contributed by atoms with E-state index in [9.17, 15) is 0 Å². The summed E-state index contributed by atoms with van der Waals surface area (Å²) in [7, 11) is 0. The summed E-state index contributed by atoms with van der Waals surface area (Å²) in [4.78, 5) is 0. The second-order valence-electron chi connectivity index (χ2n) is 1.54. The normalized spacial score (nSPS) is 13.5. The van der Waals surface area contributed by atoms with Crippen molar-refractivity contribution in [2.24, 2.45) is 0 Å². The minimum absolute atomic E-state index is 1.09. The van der Waals surface area contributed by atoms with Crippen LogP contribution < -0.4 is 5.32 Å². The number of nitrogens with zero attached hydrogens (tertiary/aromatic N) is 1. The van der Waals surface area contributed by atoms with E-state index < -0.39 is 0 Å². The zero-order valence-electron chi connectivity index (χ0n) is 4.09. The van der Waals surface area contributed by atoms with Crippen molar-refractivity contribution in [2.45, 2.75) is 0 Å². The van der Waals surface area contributed by atoms with Gasteiger partial charge in [-0.15, -0.1) is 11.3 Å². The molecule has 0 fully saturated rings. The van der Waals surface area contributed by atoms with E-state index in [2.05, 4.69) is 11.4 Å². The molecule has 8 heavy (non-hydrogen) atoms. The maximum Gasteiger partial charge on any atom is 0.123 e. The maximum atomic E-state index is 4.07. The minimum atomic E-state index is 1.09. The molecule has 2 rings (SSSR count). The monoisotopic (exact) mass is 121 g/mol. The first-order chi connectivity index (χ1) is 3.97. The Morgan fingerprint density at radius 3 is 3.50 bits per heavy atom. The number of hydrogen-bond donors (Lipinski definition) is 0. The van der Waals surface area contributed by atoms with Crippen molar-refractivity contribution in [3.8, 4) is 0 Å². The van der Waals surface area contributed by atoms with Crippen LogP contribution in [0.25, 0.3) is 6.08 Å². The van der Waals surface area contributed by atoms with E-state index in [1.165, 1.54) is 0 Å². The third kappa shape index (κ3) is 0.406. The molecule has 0 saturated carbocycles. The Balaban J connectivity index is 2.67. The summed E-state index contributed by atoms with van der Waals surface area (Å²) in [6, 6.07) is 3.06. The quantitative estimate of drug-likeness (QED) is 0.496. The Morgan fingerprint density at radius 2 is 2.62 bits per heavy atom. The predicted molar refractivity (Wildman–Crippen MR) is 34.0 cm³/mol. The standard InChI is InChI=1S/C6H3NS/c1-3-7-6-5(1)2-4-8-6/h1,3-4H. The van der Waals surface area contributed by atoms with Crippen LogP contribution in [0.2, 0.25) is 0 Å². The second kappa shape index (κ2) is 1.36. The van der Waals surface area contributed by atoms with Gasteiger partial charge in [0.2, 0.25) is 0 Å². The van der Waals surface area contributed by atoms with Gasteiger partial charge in [-0.1, -0.05) is 0 Å². The average molecular weight is 121 g/mol. The van der Waals surface area contributed by atoms with Gasteiger partial charge in [0.1, 0.15) is 5.00 Å². The molecule has 2 radical (unpaired) electrons. The van der Waals surface area contributed by atoms with E-state index in [0.717, 1.165) is 10.6 Å². The van der Waals surface area contributed by atoms with E-state index >= 15 is 0 Å². The summed E-state index contributed by atoms with van der Waals surface area (Å²) >= 11 is 1.63. The smallest absolute Gasteiger partial charge is 0.123 e. The predicted octanol–water partition coefficient (Wildman–Crippen LogP) is 1.77. The van der Waals surface area contributed by atoms with Crippen LogP contribution in [0.5, 0.6) is 0 Å². The Bertz CT molecular complexity index is 224. The van der Waals surface area contributed by atoms with Gasteiger partial charge < -0.3 is 0 Å². The molecule has 0 amide bonds. The summed E-state index contributed by atoms with van der Waals surface area (Å²) < 4.78 is 0. The molecule has 0 saturated heterocycles. The van der Waals surface area contributed by atoms with Gasteiger partial charge in [-0.05, 0) is 6.08 Å². The molecule has 1 aromatic rings. The minimum Gasteiger partial charge on any atom is -0.245 e. The van der Waals surface area contributed by atoms with Crippen LogP contribution in [0.3, 0.4) is 0 Å². The van der Waals surface area contributed by atoms with Gasteiger partial charge in [-0.3, -0.25) is 0 Å². The van der Waals surface area contributed by atoms with Gasteiger partial charge in [-0.25, -0.2) is 5.32 Å². The molecule has 2 heterocycles. The summed E-state index contributed by atoms with van der Waals surface area (Å²) in [5, 5.41) is 7.08. The summed E-state index contributed by atoms with van der Waals surface area (Å²) in [6.07, 6.45) is 3.77. The SMILES string of the molecule is [c]1csc2c1C=C[N]2. The molecular weight excluding hydrogens is 118 g/mol. The van der Waals surface area contributed by atoms with Crippen molar-refractivity contribution in [2.75, 3.05) is 0 Å². The molecule has 0 unspecified atom stereocenters. The van der Waals surface area contributed by atoms with Crippen LogP contribution in [-0.4, -0.2) is 0 Å². The first-order valence-electron chi connectivity index (χ1n) is 2.33. The van der Waals surface area contributed by atoms with Crippen LogP contribution in [0.4, 0.5) is 5.00 Å². The lowest BCUT2D eigenvalue weighted by Crippen LogP contribution is -1.71. The van der Waals surface area contributed by atoms with Crippen molar-refractivity contribution in [3.63, 3.8) is 0 Å². The Labute approximate surface area is 51.7 Å². The van der Waals surface area contributed by atoms with Crippen LogP contribution in [0, 0.1) is 6.07 Å². The van der Waals surface area contributed by atoms with E-state index in [1.54, 1.807) is 17.5 Å². The zero-order valence-corrected chi connectivity index (χ0v) is 4.90. The first kappa shape index (κ1) is 4.15. The fourth-order valence-corrected chi connectivity index (χ4v) is 1.35. The third-order valence-electron chi connectivity index (χ3n) is 1.05. The highest BCUT2D eigenvalue weighted by molar-refractivity contribution is 7.14. The fraction of sp³-hybridized carbons (Fsp3) is 0. The van der Waals surface area contributed by atoms with E-state index in [-0.39, 0.29) is 0 Å².